The molecule has 0 atom stereocenters. The van der Waals surface area contributed by atoms with Crippen molar-refractivity contribution in [1.29, 1.82) is 0 Å². The number of carbonyl (C=O) groups is 1. The van der Waals surface area contributed by atoms with Gasteiger partial charge in [0.25, 0.3) is 0 Å². The van der Waals surface area contributed by atoms with Crippen LogP contribution in [0.3, 0.4) is 0 Å². The minimum atomic E-state index is 0.427. The zero-order valence-corrected chi connectivity index (χ0v) is 8.29. The van der Waals surface area contributed by atoms with Crippen molar-refractivity contribution in [1.82, 2.24) is 0 Å². The van der Waals surface area contributed by atoms with Crippen molar-refractivity contribution < 1.29 is 13.9 Å². The zero-order chi connectivity index (χ0) is 9.97. The summed E-state index contributed by atoms with van der Waals surface area (Å²) in [6.07, 6.45) is 2.83. The maximum Gasteiger partial charge on any atom is 0.153 e. The SMILES string of the molecule is Cc1oc(C2CCOCC2)cc1C=O. The molecular weight excluding hydrogens is 180 g/mol. The van der Waals surface area contributed by atoms with E-state index >= 15 is 0 Å². The average Bonchev–Trinajstić information content (AvgIpc) is 2.61. The molecule has 0 aromatic carbocycles. The molecule has 14 heavy (non-hydrogen) atoms. The molecular formula is C11H14O3. The van der Waals surface area contributed by atoms with Crippen LogP contribution in [0, 0.1) is 6.92 Å². The Labute approximate surface area is 83.0 Å². The van der Waals surface area contributed by atoms with E-state index in [0.717, 1.165) is 43.9 Å². The molecule has 1 aliphatic rings. The summed E-state index contributed by atoms with van der Waals surface area (Å²) in [5, 5.41) is 0. The van der Waals surface area contributed by atoms with Crippen molar-refractivity contribution in [3.63, 3.8) is 0 Å². The lowest BCUT2D eigenvalue weighted by Crippen LogP contribution is -2.13. The molecule has 0 bridgehead atoms. The van der Waals surface area contributed by atoms with Crippen LogP contribution in [0.15, 0.2) is 10.5 Å². The minimum absolute atomic E-state index is 0.427. The lowest BCUT2D eigenvalue weighted by atomic mass is 9.97. The number of rotatable bonds is 2. The second-order valence-corrected chi connectivity index (χ2v) is 3.66. The van der Waals surface area contributed by atoms with Crippen molar-refractivity contribution in [3.8, 4) is 0 Å². The molecule has 1 fully saturated rings. The van der Waals surface area contributed by atoms with Crippen LogP contribution in [0.25, 0.3) is 0 Å². The Morgan fingerprint density at radius 2 is 2.14 bits per heavy atom. The fraction of sp³-hybridized carbons (Fsp3) is 0.545. The molecule has 0 radical (unpaired) electrons. The number of aryl methyl sites for hydroxylation is 1. The van der Waals surface area contributed by atoms with Crippen LogP contribution in [0.4, 0.5) is 0 Å². The van der Waals surface area contributed by atoms with Crippen molar-refractivity contribution in [3.05, 3.63) is 23.2 Å². The summed E-state index contributed by atoms with van der Waals surface area (Å²) in [5.41, 5.74) is 0.673. The van der Waals surface area contributed by atoms with E-state index in [1.165, 1.54) is 0 Å². The molecule has 1 aromatic rings. The van der Waals surface area contributed by atoms with Gasteiger partial charge in [-0.1, -0.05) is 0 Å². The van der Waals surface area contributed by atoms with Gasteiger partial charge in [-0.2, -0.15) is 0 Å². The van der Waals surface area contributed by atoms with E-state index in [1.807, 2.05) is 13.0 Å². The quantitative estimate of drug-likeness (QED) is 0.678. The van der Waals surface area contributed by atoms with Gasteiger partial charge in [0.15, 0.2) is 6.29 Å². The summed E-state index contributed by atoms with van der Waals surface area (Å²) in [4.78, 5) is 10.6. The summed E-state index contributed by atoms with van der Waals surface area (Å²) >= 11 is 0. The molecule has 0 amide bonds. The Morgan fingerprint density at radius 1 is 1.43 bits per heavy atom. The van der Waals surface area contributed by atoms with Gasteiger partial charge < -0.3 is 9.15 Å². The third-order valence-electron chi connectivity index (χ3n) is 2.73. The Balaban J connectivity index is 2.18. The van der Waals surface area contributed by atoms with E-state index in [2.05, 4.69) is 0 Å². The fourth-order valence-corrected chi connectivity index (χ4v) is 1.82. The predicted octanol–water partition coefficient (Wildman–Crippen LogP) is 2.29. The van der Waals surface area contributed by atoms with Gasteiger partial charge in [-0.25, -0.2) is 0 Å². The average molecular weight is 194 g/mol. The van der Waals surface area contributed by atoms with E-state index in [1.54, 1.807) is 0 Å². The molecule has 2 rings (SSSR count). The van der Waals surface area contributed by atoms with Gasteiger partial charge in [-0.15, -0.1) is 0 Å². The van der Waals surface area contributed by atoms with Crippen molar-refractivity contribution in [2.75, 3.05) is 13.2 Å². The lowest BCUT2D eigenvalue weighted by Gasteiger charge is -2.19. The first-order chi connectivity index (χ1) is 6.81. The highest BCUT2D eigenvalue weighted by Crippen LogP contribution is 2.29. The molecule has 1 saturated heterocycles. The molecule has 76 valence electrons. The topological polar surface area (TPSA) is 39.4 Å². The normalized spacial score (nSPS) is 18.4. The van der Waals surface area contributed by atoms with Gasteiger partial charge in [-0.3, -0.25) is 4.79 Å². The largest absolute Gasteiger partial charge is 0.465 e. The van der Waals surface area contributed by atoms with Crippen LogP contribution in [0.2, 0.25) is 0 Å². The summed E-state index contributed by atoms with van der Waals surface area (Å²) in [7, 11) is 0. The number of hydrogen-bond acceptors (Lipinski definition) is 3. The number of hydrogen-bond donors (Lipinski definition) is 0. The Morgan fingerprint density at radius 3 is 2.71 bits per heavy atom. The summed E-state index contributed by atoms with van der Waals surface area (Å²) in [6, 6.07) is 1.86. The molecule has 0 saturated carbocycles. The molecule has 0 unspecified atom stereocenters. The molecule has 0 aliphatic carbocycles. The van der Waals surface area contributed by atoms with Gasteiger partial charge in [0.2, 0.25) is 0 Å². The van der Waals surface area contributed by atoms with Gasteiger partial charge >= 0.3 is 0 Å². The molecule has 1 aliphatic heterocycles. The maximum atomic E-state index is 10.6. The van der Waals surface area contributed by atoms with Crippen LogP contribution in [-0.2, 0) is 4.74 Å². The first kappa shape index (κ1) is 9.46. The summed E-state index contributed by atoms with van der Waals surface area (Å²) in [5.74, 6) is 2.09. The predicted molar refractivity (Wildman–Crippen MR) is 51.6 cm³/mol. The van der Waals surface area contributed by atoms with E-state index < -0.39 is 0 Å². The van der Waals surface area contributed by atoms with Gasteiger partial charge in [-0.05, 0) is 25.8 Å². The molecule has 3 heteroatoms. The maximum absolute atomic E-state index is 10.6. The molecule has 2 heterocycles. The van der Waals surface area contributed by atoms with E-state index in [-0.39, 0.29) is 0 Å². The fourth-order valence-electron chi connectivity index (χ4n) is 1.82. The highest BCUT2D eigenvalue weighted by molar-refractivity contribution is 5.76. The van der Waals surface area contributed by atoms with Crippen LogP contribution in [-0.4, -0.2) is 19.5 Å². The summed E-state index contributed by atoms with van der Waals surface area (Å²) < 4.78 is 10.8. The van der Waals surface area contributed by atoms with E-state index in [4.69, 9.17) is 9.15 Å². The van der Waals surface area contributed by atoms with Crippen molar-refractivity contribution in [2.24, 2.45) is 0 Å². The molecule has 0 spiro atoms. The van der Waals surface area contributed by atoms with E-state index in [9.17, 15) is 4.79 Å². The number of furan rings is 1. The van der Waals surface area contributed by atoms with Crippen LogP contribution < -0.4 is 0 Å². The first-order valence-electron chi connectivity index (χ1n) is 4.94. The third-order valence-corrected chi connectivity index (χ3v) is 2.73. The highest BCUT2D eigenvalue weighted by Gasteiger charge is 2.20. The Bertz CT molecular complexity index is 321. The minimum Gasteiger partial charge on any atom is -0.465 e. The second kappa shape index (κ2) is 3.96. The standard InChI is InChI=1S/C11H14O3/c1-8-10(7-12)6-11(14-8)9-2-4-13-5-3-9/h6-7,9H,2-5H2,1H3. The van der Waals surface area contributed by atoms with Gasteiger partial charge in [0.05, 0.1) is 5.56 Å². The molecule has 0 N–H and O–H groups in total. The lowest BCUT2D eigenvalue weighted by molar-refractivity contribution is 0.0804. The monoisotopic (exact) mass is 194 g/mol. The van der Waals surface area contributed by atoms with Gasteiger partial charge in [0.1, 0.15) is 11.5 Å². The van der Waals surface area contributed by atoms with Crippen LogP contribution in [0.5, 0.6) is 0 Å². The first-order valence-corrected chi connectivity index (χ1v) is 4.94. The second-order valence-electron chi connectivity index (χ2n) is 3.66. The Kier molecular flexibility index (Phi) is 2.68. The molecule has 1 aromatic heterocycles. The molecule has 3 nitrogen and oxygen atoms in total. The number of ether oxygens (including phenoxy) is 1. The highest BCUT2D eigenvalue weighted by atomic mass is 16.5. The van der Waals surface area contributed by atoms with Gasteiger partial charge in [0, 0.05) is 19.1 Å². The Hall–Kier alpha value is -1.09. The van der Waals surface area contributed by atoms with Crippen LogP contribution in [0.1, 0.15) is 40.6 Å². The third kappa shape index (κ3) is 1.73. The van der Waals surface area contributed by atoms with Crippen molar-refractivity contribution >= 4 is 6.29 Å². The van der Waals surface area contributed by atoms with E-state index in [0.29, 0.717) is 11.5 Å². The smallest absolute Gasteiger partial charge is 0.153 e. The zero-order valence-electron chi connectivity index (χ0n) is 8.29. The number of aldehydes is 1. The summed E-state index contributed by atoms with van der Waals surface area (Å²) in [6.45, 7) is 3.41. The van der Waals surface area contributed by atoms with Crippen molar-refractivity contribution in [2.45, 2.75) is 25.7 Å². The number of carbonyl (C=O) groups excluding carboxylic acids is 1. The van der Waals surface area contributed by atoms with Crippen LogP contribution >= 0.6 is 0 Å².